The Balaban J connectivity index is 3.65. The van der Waals surface area contributed by atoms with Crippen molar-refractivity contribution in [3.05, 3.63) is 12.2 Å². The maximum atomic E-state index is 10.7. The highest BCUT2D eigenvalue weighted by Gasteiger charge is 2.17. The molecule has 0 aliphatic heterocycles. The van der Waals surface area contributed by atoms with Crippen molar-refractivity contribution in [2.45, 2.75) is 19.9 Å². The Morgan fingerprint density at radius 2 is 2.06 bits per heavy atom. The van der Waals surface area contributed by atoms with E-state index in [1.165, 1.54) is 6.92 Å². The minimum absolute atomic E-state index is 0.172. The molecule has 0 saturated heterocycles. The van der Waals surface area contributed by atoms with Gasteiger partial charge in [0.1, 0.15) is 6.04 Å². The summed E-state index contributed by atoms with van der Waals surface area (Å²) in [6.45, 7) is 8.50. The molecule has 3 N–H and O–H groups in total. The number of nitrogens with one attached hydrogen (secondary N) is 2. The minimum atomic E-state index is -1.06. The highest BCUT2D eigenvalue weighted by atomic mass is 16.5. The molecule has 0 spiro atoms. The van der Waals surface area contributed by atoms with E-state index in [2.05, 4.69) is 17.2 Å². The van der Waals surface area contributed by atoms with Gasteiger partial charge in [-0.15, -0.1) is 0 Å². The second-order valence-corrected chi connectivity index (χ2v) is 3.81. The lowest BCUT2D eigenvalue weighted by atomic mass is 10.3. The molecule has 1 unspecified atom stereocenters. The zero-order chi connectivity index (χ0) is 13.3. The van der Waals surface area contributed by atoms with Gasteiger partial charge < -0.3 is 20.5 Å². The molecule has 98 valence electrons. The van der Waals surface area contributed by atoms with Gasteiger partial charge in [0.25, 0.3) is 0 Å². The van der Waals surface area contributed by atoms with Gasteiger partial charge in [-0.25, -0.2) is 4.79 Å². The van der Waals surface area contributed by atoms with Crippen molar-refractivity contribution in [2.24, 2.45) is 0 Å². The molecule has 0 aromatic heterocycles. The standard InChI is InChI=1S/C11H20N2O4/c1-8(2)7-17-5-4-12-6-10(11(15)16)13-9(3)14/h10,12H,1,4-7H2,2-3H3,(H,13,14)(H,15,16). The number of ether oxygens (including phenoxy) is 1. The summed E-state index contributed by atoms with van der Waals surface area (Å²) < 4.78 is 5.22. The summed E-state index contributed by atoms with van der Waals surface area (Å²) in [4.78, 5) is 21.5. The normalized spacial score (nSPS) is 11.9. The summed E-state index contributed by atoms with van der Waals surface area (Å²) in [5, 5.41) is 14.0. The second kappa shape index (κ2) is 8.72. The van der Waals surface area contributed by atoms with Gasteiger partial charge in [-0.1, -0.05) is 12.2 Å². The molecule has 6 nitrogen and oxygen atoms in total. The number of carboxylic acids is 1. The molecular weight excluding hydrogens is 224 g/mol. The number of carbonyl (C=O) groups is 2. The fourth-order valence-corrected chi connectivity index (χ4v) is 1.08. The van der Waals surface area contributed by atoms with Gasteiger partial charge >= 0.3 is 5.97 Å². The van der Waals surface area contributed by atoms with Crippen molar-refractivity contribution < 1.29 is 19.4 Å². The van der Waals surface area contributed by atoms with Crippen LogP contribution in [-0.2, 0) is 14.3 Å². The van der Waals surface area contributed by atoms with Crippen LogP contribution in [0.25, 0.3) is 0 Å². The van der Waals surface area contributed by atoms with Crippen LogP contribution < -0.4 is 10.6 Å². The van der Waals surface area contributed by atoms with Crippen molar-refractivity contribution >= 4 is 11.9 Å². The van der Waals surface area contributed by atoms with E-state index in [4.69, 9.17) is 9.84 Å². The summed E-state index contributed by atoms with van der Waals surface area (Å²) in [5.41, 5.74) is 0.937. The molecule has 0 saturated carbocycles. The Labute approximate surface area is 101 Å². The molecule has 0 aromatic rings. The lowest BCUT2D eigenvalue weighted by Crippen LogP contribution is -2.47. The van der Waals surface area contributed by atoms with Crippen molar-refractivity contribution in [1.82, 2.24) is 10.6 Å². The molecule has 0 aromatic carbocycles. The van der Waals surface area contributed by atoms with Gasteiger partial charge in [0.2, 0.25) is 5.91 Å². The predicted octanol–water partition coefficient (Wildman–Crippen LogP) is -0.242. The average Bonchev–Trinajstić information content (AvgIpc) is 2.20. The van der Waals surface area contributed by atoms with Crippen LogP contribution in [0.1, 0.15) is 13.8 Å². The van der Waals surface area contributed by atoms with E-state index in [9.17, 15) is 9.59 Å². The number of carbonyl (C=O) groups excluding carboxylic acids is 1. The van der Waals surface area contributed by atoms with Crippen molar-refractivity contribution in [1.29, 1.82) is 0 Å². The molecule has 0 radical (unpaired) electrons. The summed E-state index contributed by atoms with van der Waals surface area (Å²) in [7, 11) is 0. The molecule has 0 bridgehead atoms. The van der Waals surface area contributed by atoms with E-state index in [0.717, 1.165) is 5.57 Å². The summed E-state index contributed by atoms with van der Waals surface area (Å²) in [6.07, 6.45) is 0. The van der Waals surface area contributed by atoms with Crippen LogP contribution in [0.15, 0.2) is 12.2 Å². The zero-order valence-electron chi connectivity index (χ0n) is 10.3. The van der Waals surface area contributed by atoms with E-state index in [0.29, 0.717) is 19.8 Å². The summed E-state index contributed by atoms with van der Waals surface area (Å²) >= 11 is 0. The maximum absolute atomic E-state index is 10.7. The van der Waals surface area contributed by atoms with Crippen LogP contribution in [-0.4, -0.2) is 49.3 Å². The lowest BCUT2D eigenvalue weighted by molar-refractivity contribution is -0.141. The highest BCUT2D eigenvalue weighted by Crippen LogP contribution is 1.87. The Hall–Kier alpha value is -1.40. The maximum Gasteiger partial charge on any atom is 0.327 e. The van der Waals surface area contributed by atoms with E-state index in [-0.39, 0.29) is 12.5 Å². The van der Waals surface area contributed by atoms with Crippen LogP contribution in [0.3, 0.4) is 0 Å². The number of carboxylic acid groups (broad SMARTS) is 1. The average molecular weight is 244 g/mol. The Morgan fingerprint density at radius 3 is 2.53 bits per heavy atom. The van der Waals surface area contributed by atoms with Crippen molar-refractivity contribution in [3.63, 3.8) is 0 Å². The summed E-state index contributed by atoms with van der Waals surface area (Å²) in [5.74, 6) is -1.42. The van der Waals surface area contributed by atoms with Gasteiger partial charge in [0.15, 0.2) is 0 Å². The lowest BCUT2D eigenvalue weighted by Gasteiger charge is -2.14. The van der Waals surface area contributed by atoms with Crippen molar-refractivity contribution in [2.75, 3.05) is 26.3 Å². The summed E-state index contributed by atoms with van der Waals surface area (Å²) in [6, 6.07) is -0.909. The monoisotopic (exact) mass is 244 g/mol. The van der Waals surface area contributed by atoms with Crippen LogP contribution in [0.2, 0.25) is 0 Å². The third-order valence-electron chi connectivity index (χ3n) is 1.80. The first-order chi connectivity index (χ1) is 7.93. The molecule has 0 rings (SSSR count). The second-order valence-electron chi connectivity index (χ2n) is 3.81. The molecule has 1 amide bonds. The quantitative estimate of drug-likeness (QED) is 0.385. The van der Waals surface area contributed by atoms with E-state index in [1.807, 2.05) is 6.92 Å². The van der Waals surface area contributed by atoms with Gasteiger partial charge in [0.05, 0.1) is 13.2 Å². The Morgan fingerprint density at radius 1 is 1.41 bits per heavy atom. The highest BCUT2D eigenvalue weighted by molar-refractivity contribution is 5.82. The van der Waals surface area contributed by atoms with Gasteiger partial charge in [0, 0.05) is 20.0 Å². The minimum Gasteiger partial charge on any atom is -0.480 e. The fourth-order valence-electron chi connectivity index (χ4n) is 1.08. The number of rotatable bonds is 9. The number of hydrogen-bond acceptors (Lipinski definition) is 4. The first-order valence-corrected chi connectivity index (χ1v) is 5.36. The topological polar surface area (TPSA) is 87.7 Å². The first-order valence-electron chi connectivity index (χ1n) is 5.36. The number of hydrogen-bond donors (Lipinski definition) is 3. The smallest absolute Gasteiger partial charge is 0.327 e. The van der Waals surface area contributed by atoms with E-state index in [1.54, 1.807) is 0 Å². The molecule has 6 heteroatoms. The number of amides is 1. The van der Waals surface area contributed by atoms with Crippen LogP contribution in [0.4, 0.5) is 0 Å². The Bertz CT molecular complexity index is 279. The molecule has 1 atom stereocenters. The predicted molar refractivity (Wildman–Crippen MR) is 63.7 cm³/mol. The van der Waals surface area contributed by atoms with Crippen LogP contribution >= 0.6 is 0 Å². The van der Waals surface area contributed by atoms with Gasteiger partial charge in [-0.2, -0.15) is 0 Å². The van der Waals surface area contributed by atoms with Crippen molar-refractivity contribution in [3.8, 4) is 0 Å². The first kappa shape index (κ1) is 15.6. The van der Waals surface area contributed by atoms with Crippen LogP contribution in [0, 0.1) is 0 Å². The molecule has 0 aliphatic rings. The Kier molecular flexibility index (Phi) is 8.00. The third kappa shape index (κ3) is 9.52. The molecule has 0 heterocycles. The number of aliphatic carboxylic acids is 1. The SMILES string of the molecule is C=C(C)COCCNCC(NC(C)=O)C(=O)O. The molecule has 0 aliphatic carbocycles. The van der Waals surface area contributed by atoms with Crippen LogP contribution in [0.5, 0.6) is 0 Å². The van der Waals surface area contributed by atoms with Gasteiger partial charge in [-0.05, 0) is 6.92 Å². The molecule has 17 heavy (non-hydrogen) atoms. The largest absolute Gasteiger partial charge is 0.480 e. The van der Waals surface area contributed by atoms with E-state index < -0.39 is 12.0 Å². The molecule has 0 fully saturated rings. The zero-order valence-corrected chi connectivity index (χ0v) is 10.3. The molecular formula is C11H20N2O4. The van der Waals surface area contributed by atoms with Gasteiger partial charge in [-0.3, -0.25) is 4.79 Å². The fraction of sp³-hybridized carbons (Fsp3) is 0.636. The van der Waals surface area contributed by atoms with E-state index >= 15 is 0 Å². The third-order valence-corrected chi connectivity index (χ3v) is 1.80.